The molecule has 0 aliphatic heterocycles. The van der Waals surface area contributed by atoms with E-state index in [1.165, 1.54) is 11.1 Å². The third kappa shape index (κ3) is 5.21. The normalized spacial score (nSPS) is 13.7. The zero-order chi connectivity index (χ0) is 15.1. The number of hydrogen-bond donors (Lipinski definition) is 2. The molecule has 0 fully saturated rings. The van der Waals surface area contributed by atoms with Crippen molar-refractivity contribution >= 4 is 0 Å². The number of rotatable bonds is 7. The lowest BCUT2D eigenvalue weighted by Crippen LogP contribution is -2.40. The van der Waals surface area contributed by atoms with Gasteiger partial charge >= 0.3 is 0 Å². The smallest absolute Gasteiger partial charge is 0.119 e. The first-order valence-electron chi connectivity index (χ1n) is 7.40. The molecule has 0 aliphatic carbocycles. The minimum Gasteiger partial charge on any atom is -0.489 e. The Balaban J connectivity index is 1.82. The summed E-state index contributed by atoms with van der Waals surface area (Å²) in [5.74, 6) is 0.892. The highest BCUT2D eigenvalue weighted by molar-refractivity contribution is 5.27. The standard InChI is InChI=1S/C18H24N2O/c1-14(19)15(2)20-12-16-8-10-18(11-9-16)21-13-17-6-4-3-5-7-17/h3-11,14-15,20H,12-13,19H2,1-2H3. The van der Waals surface area contributed by atoms with Gasteiger partial charge in [-0.1, -0.05) is 42.5 Å². The summed E-state index contributed by atoms with van der Waals surface area (Å²) in [6.45, 7) is 5.53. The molecule has 0 aromatic heterocycles. The molecule has 2 rings (SSSR count). The zero-order valence-electron chi connectivity index (χ0n) is 12.8. The Labute approximate surface area is 127 Å². The molecule has 3 N–H and O–H groups in total. The molecule has 112 valence electrons. The largest absolute Gasteiger partial charge is 0.489 e. The van der Waals surface area contributed by atoms with Crippen molar-refractivity contribution < 1.29 is 4.74 Å². The minimum absolute atomic E-state index is 0.151. The SMILES string of the molecule is CC(N)C(C)NCc1ccc(OCc2ccccc2)cc1. The average Bonchev–Trinajstić information content (AvgIpc) is 2.52. The minimum atomic E-state index is 0.151. The summed E-state index contributed by atoms with van der Waals surface area (Å²) in [6.07, 6.45) is 0. The van der Waals surface area contributed by atoms with Crippen molar-refractivity contribution in [3.63, 3.8) is 0 Å². The van der Waals surface area contributed by atoms with Crippen molar-refractivity contribution in [2.24, 2.45) is 5.73 Å². The Kier molecular flexibility index (Phi) is 5.78. The Morgan fingerprint density at radius 3 is 2.24 bits per heavy atom. The first-order chi connectivity index (χ1) is 10.1. The molecular weight excluding hydrogens is 260 g/mol. The van der Waals surface area contributed by atoms with Crippen LogP contribution in [-0.2, 0) is 13.2 Å². The lowest BCUT2D eigenvalue weighted by molar-refractivity contribution is 0.306. The van der Waals surface area contributed by atoms with Gasteiger partial charge in [0.2, 0.25) is 0 Å². The highest BCUT2D eigenvalue weighted by Crippen LogP contribution is 2.14. The van der Waals surface area contributed by atoms with Gasteiger partial charge in [-0.25, -0.2) is 0 Å². The molecule has 0 aliphatic rings. The van der Waals surface area contributed by atoms with Crippen LogP contribution in [0.15, 0.2) is 54.6 Å². The molecule has 21 heavy (non-hydrogen) atoms. The van der Waals surface area contributed by atoms with E-state index in [0.717, 1.165) is 12.3 Å². The van der Waals surface area contributed by atoms with Crippen LogP contribution in [0.25, 0.3) is 0 Å². The maximum atomic E-state index is 5.84. The van der Waals surface area contributed by atoms with Crippen molar-refractivity contribution in [3.05, 3.63) is 65.7 Å². The van der Waals surface area contributed by atoms with Crippen LogP contribution in [-0.4, -0.2) is 12.1 Å². The van der Waals surface area contributed by atoms with Crippen LogP contribution in [0.5, 0.6) is 5.75 Å². The highest BCUT2D eigenvalue weighted by atomic mass is 16.5. The Morgan fingerprint density at radius 2 is 1.62 bits per heavy atom. The van der Waals surface area contributed by atoms with Crippen molar-refractivity contribution in [2.75, 3.05) is 0 Å². The Hall–Kier alpha value is -1.84. The maximum Gasteiger partial charge on any atom is 0.119 e. The predicted molar refractivity (Wildman–Crippen MR) is 87.2 cm³/mol. The molecule has 3 nitrogen and oxygen atoms in total. The predicted octanol–water partition coefficient (Wildman–Crippen LogP) is 3.09. The van der Waals surface area contributed by atoms with Gasteiger partial charge in [-0.15, -0.1) is 0 Å². The van der Waals surface area contributed by atoms with Gasteiger partial charge in [0.05, 0.1) is 0 Å². The molecule has 0 saturated carbocycles. The van der Waals surface area contributed by atoms with Crippen molar-refractivity contribution in [1.82, 2.24) is 5.32 Å². The molecule has 0 saturated heterocycles. The third-order valence-corrected chi connectivity index (χ3v) is 3.59. The average molecular weight is 284 g/mol. The molecular formula is C18H24N2O. The van der Waals surface area contributed by atoms with E-state index in [0.29, 0.717) is 12.6 Å². The van der Waals surface area contributed by atoms with E-state index in [-0.39, 0.29) is 6.04 Å². The second-order valence-electron chi connectivity index (χ2n) is 5.45. The van der Waals surface area contributed by atoms with Gasteiger partial charge in [-0.3, -0.25) is 0 Å². The van der Waals surface area contributed by atoms with Gasteiger partial charge < -0.3 is 15.8 Å². The summed E-state index contributed by atoms with van der Waals surface area (Å²) in [7, 11) is 0. The van der Waals surface area contributed by atoms with E-state index < -0.39 is 0 Å². The Bertz CT molecular complexity index is 523. The molecule has 0 radical (unpaired) electrons. The Morgan fingerprint density at radius 1 is 0.952 bits per heavy atom. The molecule has 2 aromatic carbocycles. The maximum absolute atomic E-state index is 5.84. The van der Waals surface area contributed by atoms with Gasteiger partial charge in [-0.05, 0) is 37.1 Å². The lowest BCUT2D eigenvalue weighted by Gasteiger charge is -2.17. The molecule has 2 atom stereocenters. The molecule has 3 heteroatoms. The van der Waals surface area contributed by atoms with E-state index >= 15 is 0 Å². The third-order valence-electron chi connectivity index (χ3n) is 3.59. The summed E-state index contributed by atoms with van der Waals surface area (Å²) in [4.78, 5) is 0. The van der Waals surface area contributed by atoms with Gasteiger partial charge in [0, 0.05) is 18.6 Å². The number of benzene rings is 2. The van der Waals surface area contributed by atoms with Crippen molar-refractivity contribution in [2.45, 2.75) is 39.1 Å². The molecule has 0 bridgehead atoms. The number of nitrogens with two attached hydrogens (primary N) is 1. The number of hydrogen-bond acceptors (Lipinski definition) is 3. The van der Waals surface area contributed by atoms with Crippen LogP contribution in [0.2, 0.25) is 0 Å². The molecule has 2 unspecified atom stereocenters. The van der Waals surface area contributed by atoms with Crippen molar-refractivity contribution in [1.29, 1.82) is 0 Å². The quantitative estimate of drug-likeness (QED) is 0.821. The van der Waals surface area contributed by atoms with Gasteiger partial charge in [0.1, 0.15) is 12.4 Å². The number of nitrogens with one attached hydrogen (secondary N) is 1. The first kappa shape index (κ1) is 15.5. The summed E-state index contributed by atoms with van der Waals surface area (Å²) < 4.78 is 5.77. The summed E-state index contributed by atoms with van der Waals surface area (Å²) in [5, 5.41) is 3.41. The zero-order valence-corrected chi connectivity index (χ0v) is 12.8. The summed E-state index contributed by atoms with van der Waals surface area (Å²) in [5.41, 5.74) is 8.24. The fourth-order valence-electron chi connectivity index (χ4n) is 1.91. The van der Waals surface area contributed by atoms with Gasteiger partial charge in [-0.2, -0.15) is 0 Å². The van der Waals surface area contributed by atoms with Gasteiger partial charge in [0.25, 0.3) is 0 Å². The van der Waals surface area contributed by atoms with Crippen LogP contribution in [0.1, 0.15) is 25.0 Å². The van der Waals surface area contributed by atoms with Crippen LogP contribution in [0, 0.1) is 0 Å². The van der Waals surface area contributed by atoms with Gasteiger partial charge in [0.15, 0.2) is 0 Å². The first-order valence-corrected chi connectivity index (χ1v) is 7.40. The van der Waals surface area contributed by atoms with E-state index in [4.69, 9.17) is 10.5 Å². The fraction of sp³-hybridized carbons (Fsp3) is 0.333. The monoisotopic (exact) mass is 284 g/mol. The van der Waals surface area contributed by atoms with Crippen LogP contribution in [0.4, 0.5) is 0 Å². The second kappa shape index (κ2) is 7.81. The van der Waals surface area contributed by atoms with Crippen molar-refractivity contribution in [3.8, 4) is 5.75 Å². The van der Waals surface area contributed by atoms with E-state index in [2.05, 4.69) is 36.5 Å². The lowest BCUT2D eigenvalue weighted by atomic mass is 10.1. The van der Waals surface area contributed by atoms with E-state index in [1.807, 2.05) is 37.3 Å². The van der Waals surface area contributed by atoms with Crippen LogP contribution < -0.4 is 15.8 Å². The second-order valence-corrected chi connectivity index (χ2v) is 5.45. The summed E-state index contributed by atoms with van der Waals surface area (Å²) in [6, 6.07) is 18.8. The number of ether oxygens (including phenoxy) is 1. The topological polar surface area (TPSA) is 47.3 Å². The van der Waals surface area contributed by atoms with E-state index in [1.54, 1.807) is 0 Å². The molecule has 0 amide bonds. The van der Waals surface area contributed by atoms with E-state index in [9.17, 15) is 0 Å². The summed E-state index contributed by atoms with van der Waals surface area (Å²) >= 11 is 0. The fourth-order valence-corrected chi connectivity index (χ4v) is 1.91. The molecule has 0 spiro atoms. The van der Waals surface area contributed by atoms with Crippen LogP contribution >= 0.6 is 0 Å². The highest BCUT2D eigenvalue weighted by Gasteiger charge is 2.06. The molecule has 2 aromatic rings. The van der Waals surface area contributed by atoms with Crippen LogP contribution in [0.3, 0.4) is 0 Å². The molecule has 0 heterocycles.